The Kier molecular flexibility index (Phi) is 4.76. The maximum absolute atomic E-state index is 3.33. The fourth-order valence-electron chi connectivity index (χ4n) is 1.24. The van der Waals surface area contributed by atoms with Crippen LogP contribution in [-0.2, 0) is 17.1 Å². The quantitative estimate of drug-likeness (QED) is 0.448. The van der Waals surface area contributed by atoms with Crippen molar-refractivity contribution in [2.75, 3.05) is 0 Å². The van der Waals surface area contributed by atoms with Gasteiger partial charge in [0.2, 0.25) is 0 Å². The maximum atomic E-state index is 3.33. The van der Waals surface area contributed by atoms with Gasteiger partial charge in [-0.2, -0.15) is 11.6 Å². The summed E-state index contributed by atoms with van der Waals surface area (Å²) in [6.07, 6.45) is 8.99. The van der Waals surface area contributed by atoms with E-state index in [1.54, 1.807) is 0 Å². The predicted molar refractivity (Wildman–Crippen MR) is 40.0 cm³/mol. The van der Waals surface area contributed by atoms with E-state index in [0.717, 1.165) is 12.8 Å². The fourth-order valence-corrected chi connectivity index (χ4v) is 1.24. The van der Waals surface area contributed by atoms with Crippen LogP contribution in [0.2, 0.25) is 0 Å². The molecule has 0 spiro atoms. The van der Waals surface area contributed by atoms with Crippen molar-refractivity contribution in [3.05, 3.63) is 23.3 Å². The summed E-state index contributed by atoms with van der Waals surface area (Å²) in [5.74, 6) is 0. The first-order valence-electron chi connectivity index (χ1n) is 3.67. The van der Waals surface area contributed by atoms with Gasteiger partial charge >= 0.3 is 0 Å². The number of hydrogen-bond donors (Lipinski definition) is 0. The summed E-state index contributed by atoms with van der Waals surface area (Å²) in [7, 11) is 0. The number of allylic oxidation sites excluding steroid dienone is 4. The first kappa shape index (κ1) is 10.00. The second-order valence-corrected chi connectivity index (χ2v) is 2.30. The van der Waals surface area contributed by atoms with Crippen molar-refractivity contribution in [1.29, 1.82) is 0 Å². The molecular formula is C9H13Mn-. The van der Waals surface area contributed by atoms with Gasteiger partial charge in [-0.15, -0.1) is 6.42 Å². The minimum absolute atomic E-state index is 0. The Bertz CT molecular complexity index is 136. The van der Waals surface area contributed by atoms with Crippen LogP contribution in [-0.4, -0.2) is 0 Å². The first-order valence-corrected chi connectivity index (χ1v) is 3.67. The molecule has 57 valence electrons. The van der Waals surface area contributed by atoms with Crippen molar-refractivity contribution < 1.29 is 17.1 Å². The predicted octanol–water partition coefficient (Wildman–Crippen LogP) is 2.86. The van der Waals surface area contributed by atoms with Crippen LogP contribution in [0.15, 0.2) is 17.2 Å². The van der Waals surface area contributed by atoms with Gasteiger partial charge in [0.25, 0.3) is 0 Å². The molecule has 0 bridgehead atoms. The minimum atomic E-state index is 0. The largest absolute Gasteiger partial charge is 0.269 e. The molecule has 0 heterocycles. The molecule has 0 nitrogen and oxygen atoms in total. The SMILES string of the molecule is CCC1=[C-]CC=C1CC.[Mn]. The van der Waals surface area contributed by atoms with Crippen LogP contribution in [0.25, 0.3) is 0 Å². The summed E-state index contributed by atoms with van der Waals surface area (Å²) >= 11 is 0. The monoisotopic (exact) mass is 176 g/mol. The van der Waals surface area contributed by atoms with Crippen molar-refractivity contribution in [3.63, 3.8) is 0 Å². The molecular weight excluding hydrogens is 163 g/mol. The van der Waals surface area contributed by atoms with Crippen molar-refractivity contribution >= 4 is 0 Å². The molecule has 0 amide bonds. The summed E-state index contributed by atoms with van der Waals surface area (Å²) in [5.41, 5.74) is 2.95. The molecule has 0 atom stereocenters. The second-order valence-electron chi connectivity index (χ2n) is 2.30. The van der Waals surface area contributed by atoms with Gasteiger partial charge in [0.1, 0.15) is 0 Å². The molecule has 1 radical (unpaired) electrons. The molecule has 0 aromatic carbocycles. The Hall–Kier alpha value is -0.000519. The van der Waals surface area contributed by atoms with Crippen LogP contribution < -0.4 is 0 Å². The van der Waals surface area contributed by atoms with Gasteiger partial charge in [0.15, 0.2) is 0 Å². The van der Waals surface area contributed by atoms with Crippen LogP contribution in [0.1, 0.15) is 33.1 Å². The van der Waals surface area contributed by atoms with Crippen molar-refractivity contribution in [2.24, 2.45) is 0 Å². The van der Waals surface area contributed by atoms with Crippen LogP contribution in [0.4, 0.5) is 0 Å². The van der Waals surface area contributed by atoms with Gasteiger partial charge in [-0.05, 0) is 0 Å². The molecule has 1 aliphatic carbocycles. The molecule has 0 aliphatic heterocycles. The Balaban J connectivity index is 0.000000810. The van der Waals surface area contributed by atoms with Gasteiger partial charge in [-0.3, -0.25) is 6.08 Å². The number of rotatable bonds is 2. The average Bonchev–Trinajstić information content (AvgIpc) is 2.33. The van der Waals surface area contributed by atoms with E-state index < -0.39 is 0 Å². The molecule has 0 saturated carbocycles. The maximum Gasteiger partial charge on any atom is 0 e. The Morgan fingerprint density at radius 1 is 1.40 bits per heavy atom. The van der Waals surface area contributed by atoms with E-state index in [2.05, 4.69) is 26.0 Å². The van der Waals surface area contributed by atoms with E-state index in [-0.39, 0.29) is 17.1 Å². The smallest absolute Gasteiger partial charge is 0 e. The normalized spacial score (nSPS) is 15.8. The summed E-state index contributed by atoms with van der Waals surface area (Å²) in [6.45, 7) is 4.39. The van der Waals surface area contributed by atoms with Crippen LogP contribution in [0, 0.1) is 6.08 Å². The summed E-state index contributed by atoms with van der Waals surface area (Å²) < 4.78 is 0. The molecule has 10 heavy (non-hydrogen) atoms. The average molecular weight is 176 g/mol. The molecule has 0 fully saturated rings. The third-order valence-corrected chi connectivity index (χ3v) is 1.79. The van der Waals surface area contributed by atoms with Crippen LogP contribution in [0.5, 0.6) is 0 Å². The van der Waals surface area contributed by atoms with Gasteiger partial charge < -0.3 is 0 Å². The van der Waals surface area contributed by atoms with E-state index in [1.165, 1.54) is 17.6 Å². The van der Waals surface area contributed by atoms with E-state index in [4.69, 9.17) is 0 Å². The summed E-state index contributed by atoms with van der Waals surface area (Å²) in [4.78, 5) is 0. The van der Waals surface area contributed by atoms with Gasteiger partial charge in [-0.25, -0.2) is 5.57 Å². The first-order chi connectivity index (χ1) is 4.38. The third-order valence-electron chi connectivity index (χ3n) is 1.79. The van der Waals surface area contributed by atoms with E-state index in [1.807, 2.05) is 0 Å². The molecule has 0 aromatic rings. The minimum Gasteiger partial charge on any atom is -0.269 e. The molecule has 0 saturated heterocycles. The molecule has 1 rings (SSSR count). The van der Waals surface area contributed by atoms with E-state index in [0.29, 0.717) is 0 Å². The van der Waals surface area contributed by atoms with E-state index >= 15 is 0 Å². The number of hydrogen-bond acceptors (Lipinski definition) is 0. The van der Waals surface area contributed by atoms with E-state index in [9.17, 15) is 0 Å². The zero-order chi connectivity index (χ0) is 6.69. The fraction of sp³-hybridized carbons (Fsp3) is 0.556. The molecule has 0 unspecified atom stereocenters. The van der Waals surface area contributed by atoms with Crippen LogP contribution >= 0.6 is 0 Å². The van der Waals surface area contributed by atoms with Gasteiger partial charge in [-0.1, -0.05) is 26.7 Å². The van der Waals surface area contributed by atoms with Gasteiger partial charge in [0.05, 0.1) is 0 Å². The summed E-state index contributed by atoms with van der Waals surface area (Å²) in [6, 6.07) is 0. The molecule has 1 heteroatoms. The Morgan fingerprint density at radius 3 is 2.50 bits per heavy atom. The Morgan fingerprint density at radius 2 is 2.10 bits per heavy atom. The summed E-state index contributed by atoms with van der Waals surface area (Å²) in [5, 5.41) is 0. The Labute approximate surface area is 73.9 Å². The van der Waals surface area contributed by atoms with Crippen LogP contribution in [0.3, 0.4) is 0 Å². The third kappa shape index (κ3) is 2.00. The molecule has 0 N–H and O–H groups in total. The zero-order valence-corrected chi connectivity index (χ0v) is 7.76. The standard InChI is InChI=1S/C9H13.Mn/c1-3-8-6-5-7-9(8)4-2;/h6H,3-5H2,1-2H3;/q-1;. The molecule has 1 aliphatic rings. The van der Waals surface area contributed by atoms with Gasteiger partial charge in [0, 0.05) is 17.1 Å². The van der Waals surface area contributed by atoms with Crippen molar-refractivity contribution in [3.8, 4) is 0 Å². The zero-order valence-electron chi connectivity index (χ0n) is 6.58. The topological polar surface area (TPSA) is 0 Å². The van der Waals surface area contributed by atoms with Crippen molar-refractivity contribution in [2.45, 2.75) is 33.1 Å². The second kappa shape index (κ2) is 4.76. The van der Waals surface area contributed by atoms with Crippen molar-refractivity contribution in [1.82, 2.24) is 0 Å². The molecule has 0 aromatic heterocycles.